The molecule has 1 heterocycles. The maximum absolute atomic E-state index is 13.7. The summed E-state index contributed by atoms with van der Waals surface area (Å²) in [5, 5.41) is 0. The topological polar surface area (TPSA) is 77.2 Å². The average molecular weight is 263 g/mol. The Balaban J connectivity index is 2.38. The molecule has 7 heteroatoms. The second kappa shape index (κ2) is 5.47. The zero-order chi connectivity index (χ0) is 13.8. The normalized spacial score (nSPS) is 10.3. The van der Waals surface area contributed by atoms with Crippen molar-refractivity contribution in [1.82, 2.24) is 15.0 Å². The molecule has 0 atom stereocenters. The highest BCUT2D eigenvalue weighted by atomic mass is 19.1. The quantitative estimate of drug-likeness (QED) is 0.905. The van der Waals surface area contributed by atoms with Crippen molar-refractivity contribution in [2.75, 3.05) is 24.3 Å². The van der Waals surface area contributed by atoms with Gasteiger partial charge in [-0.15, -0.1) is 0 Å². The predicted molar refractivity (Wildman–Crippen MR) is 69.9 cm³/mol. The molecule has 0 unspecified atom stereocenters. The summed E-state index contributed by atoms with van der Waals surface area (Å²) in [7, 11) is 1.64. The molecule has 0 aliphatic rings. The average Bonchev–Trinajstić information content (AvgIpc) is 2.38. The van der Waals surface area contributed by atoms with Crippen molar-refractivity contribution in [2.24, 2.45) is 0 Å². The third-order valence-corrected chi connectivity index (χ3v) is 2.41. The number of nitrogens with two attached hydrogens (primary N) is 1. The van der Waals surface area contributed by atoms with Gasteiger partial charge in [-0.1, -0.05) is 12.1 Å². The van der Waals surface area contributed by atoms with Crippen molar-refractivity contribution in [3.8, 4) is 6.01 Å². The Hall–Kier alpha value is -2.44. The van der Waals surface area contributed by atoms with Crippen LogP contribution in [0.2, 0.25) is 0 Å². The minimum atomic E-state index is -0.373. The van der Waals surface area contributed by atoms with Gasteiger partial charge in [-0.3, -0.25) is 0 Å². The molecule has 0 saturated carbocycles. The van der Waals surface area contributed by atoms with E-state index in [0.29, 0.717) is 12.3 Å². The summed E-state index contributed by atoms with van der Waals surface area (Å²) in [6.45, 7) is 2.21. The third-order valence-electron chi connectivity index (χ3n) is 2.41. The monoisotopic (exact) mass is 263 g/mol. The number of hydrogen-bond donors (Lipinski definition) is 1. The fraction of sp³-hybridized carbons (Fsp3) is 0.250. The van der Waals surface area contributed by atoms with Crippen LogP contribution >= 0.6 is 0 Å². The van der Waals surface area contributed by atoms with Crippen LogP contribution in [0.15, 0.2) is 24.3 Å². The van der Waals surface area contributed by atoms with Crippen LogP contribution in [-0.2, 0) is 0 Å². The van der Waals surface area contributed by atoms with Crippen LogP contribution in [0.5, 0.6) is 6.01 Å². The molecule has 1 aromatic heterocycles. The minimum Gasteiger partial charge on any atom is -0.464 e. The number of halogens is 1. The lowest BCUT2D eigenvalue weighted by Gasteiger charge is -2.18. The second-order valence-corrected chi connectivity index (χ2v) is 3.72. The van der Waals surface area contributed by atoms with E-state index in [-0.39, 0.29) is 23.7 Å². The van der Waals surface area contributed by atoms with Crippen molar-refractivity contribution in [3.05, 3.63) is 30.1 Å². The van der Waals surface area contributed by atoms with Gasteiger partial charge in [-0.05, 0) is 19.1 Å². The SMILES string of the molecule is CCOc1nc(N)nc(N(C)c2ccccc2F)n1. The Kier molecular flexibility index (Phi) is 3.74. The molecule has 1 aromatic carbocycles. The fourth-order valence-corrected chi connectivity index (χ4v) is 1.54. The summed E-state index contributed by atoms with van der Waals surface area (Å²) >= 11 is 0. The van der Waals surface area contributed by atoms with Crippen LogP contribution in [0.3, 0.4) is 0 Å². The van der Waals surface area contributed by atoms with Gasteiger partial charge >= 0.3 is 6.01 Å². The summed E-state index contributed by atoms with van der Waals surface area (Å²) in [5.74, 6) is -0.125. The number of hydrogen-bond acceptors (Lipinski definition) is 6. The molecule has 0 aliphatic heterocycles. The Morgan fingerprint density at radius 2 is 2.00 bits per heavy atom. The van der Waals surface area contributed by atoms with E-state index in [0.717, 1.165) is 0 Å². The number of nitrogens with zero attached hydrogens (tertiary/aromatic N) is 4. The van der Waals surface area contributed by atoms with E-state index in [4.69, 9.17) is 10.5 Å². The lowest BCUT2D eigenvalue weighted by molar-refractivity contribution is 0.312. The molecule has 0 amide bonds. The highest BCUT2D eigenvalue weighted by molar-refractivity contribution is 5.57. The number of ether oxygens (including phenoxy) is 1. The molecule has 2 N–H and O–H groups in total. The highest BCUT2D eigenvalue weighted by Crippen LogP contribution is 2.24. The van der Waals surface area contributed by atoms with E-state index in [1.54, 1.807) is 32.2 Å². The standard InChI is InChI=1S/C12H14FN5O/c1-3-19-12-16-10(14)15-11(17-12)18(2)9-7-5-4-6-8(9)13/h4-7H,3H2,1-2H3,(H2,14,15,16,17). The van der Waals surface area contributed by atoms with Crippen molar-refractivity contribution in [2.45, 2.75) is 6.92 Å². The van der Waals surface area contributed by atoms with Gasteiger partial charge in [0.25, 0.3) is 0 Å². The number of para-hydroxylation sites is 1. The smallest absolute Gasteiger partial charge is 0.323 e. The lowest BCUT2D eigenvalue weighted by atomic mass is 10.3. The Labute approximate surface area is 110 Å². The van der Waals surface area contributed by atoms with Gasteiger partial charge in [0.15, 0.2) is 0 Å². The summed E-state index contributed by atoms with van der Waals surface area (Å²) < 4.78 is 18.9. The zero-order valence-electron chi connectivity index (χ0n) is 10.7. The van der Waals surface area contributed by atoms with Crippen LogP contribution in [0.4, 0.5) is 22.0 Å². The van der Waals surface area contributed by atoms with Gasteiger partial charge in [-0.2, -0.15) is 15.0 Å². The molecule has 0 spiro atoms. The first-order valence-corrected chi connectivity index (χ1v) is 5.74. The van der Waals surface area contributed by atoms with Crippen molar-refractivity contribution >= 4 is 17.6 Å². The van der Waals surface area contributed by atoms with E-state index in [1.165, 1.54) is 11.0 Å². The van der Waals surface area contributed by atoms with Gasteiger partial charge in [-0.25, -0.2) is 4.39 Å². The molecule has 19 heavy (non-hydrogen) atoms. The summed E-state index contributed by atoms with van der Waals surface area (Å²) in [4.78, 5) is 13.4. The van der Waals surface area contributed by atoms with Crippen molar-refractivity contribution < 1.29 is 9.13 Å². The zero-order valence-corrected chi connectivity index (χ0v) is 10.7. The number of benzene rings is 1. The molecule has 0 saturated heterocycles. The molecular formula is C12H14FN5O. The van der Waals surface area contributed by atoms with E-state index >= 15 is 0 Å². The van der Waals surface area contributed by atoms with Gasteiger partial charge < -0.3 is 15.4 Å². The lowest BCUT2D eigenvalue weighted by Crippen LogP contribution is -2.16. The van der Waals surface area contributed by atoms with Crippen LogP contribution < -0.4 is 15.4 Å². The molecular weight excluding hydrogens is 249 g/mol. The van der Waals surface area contributed by atoms with Crippen LogP contribution in [-0.4, -0.2) is 28.6 Å². The highest BCUT2D eigenvalue weighted by Gasteiger charge is 2.14. The molecule has 0 bridgehead atoms. The Morgan fingerprint density at radius 1 is 1.26 bits per heavy atom. The van der Waals surface area contributed by atoms with E-state index < -0.39 is 0 Å². The van der Waals surface area contributed by atoms with Gasteiger partial charge in [0, 0.05) is 7.05 Å². The van der Waals surface area contributed by atoms with Crippen LogP contribution in [0.25, 0.3) is 0 Å². The largest absolute Gasteiger partial charge is 0.464 e. The second-order valence-electron chi connectivity index (χ2n) is 3.72. The maximum atomic E-state index is 13.7. The molecule has 0 aliphatic carbocycles. The molecule has 100 valence electrons. The van der Waals surface area contributed by atoms with E-state index in [9.17, 15) is 4.39 Å². The van der Waals surface area contributed by atoms with Gasteiger partial charge in [0.1, 0.15) is 5.82 Å². The van der Waals surface area contributed by atoms with Gasteiger partial charge in [0.05, 0.1) is 12.3 Å². The number of nitrogen functional groups attached to an aromatic ring is 1. The van der Waals surface area contributed by atoms with E-state index in [2.05, 4.69) is 15.0 Å². The molecule has 6 nitrogen and oxygen atoms in total. The number of aromatic nitrogens is 3. The van der Waals surface area contributed by atoms with Crippen molar-refractivity contribution in [3.63, 3.8) is 0 Å². The van der Waals surface area contributed by atoms with Crippen molar-refractivity contribution in [1.29, 1.82) is 0 Å². The summed E-state index contributed by atoms with van der Waals surface area (Å²) in [6.07, 6.45) is 0. The minimum absolute atomic E-state index is 0.0247. The third kappa shape index (κ3) is 2.87. The molecule has 0 radical (unpaired) electrons. The Morgan fingerprint density at radius 3 is 2.68 bits per heavy atom. The maximum Gasteiger partial charge on any atom is 0.323 e. The predicted octanol–water partition coefficient (Wildman–Crippen LogP) is 1.76. The molecule has 0 fully saturated rings. The Bertz CT molecular complexity index is 578. The molecule has 2 aromatic rings. The van der Waals surface area contributed by atoms with Gasteiger partial charge in [0.2, 0.25) is 11.9 Å². The molecule has 2 rings (SSSR count). The van der Waals surface area contributed by atoms with Crippen LogP contribution in [0.1, 0.15) is 6.92 Å². The first kappa shape index (κ1) is 13.0. The van der Waals surface area contributed by atoms with E-state index in [1.807, 2.05) is 0 Å². The fourth-order valence-electron chi connectivity index (χ4n) is 1.54. The first-order chi connectivity index (χ1) is 9.11. The summed E-state index contributed by atoms with van der Waals surface area (Å²) in [6, 6.07) is 6.44. The summed E-state index contributed by atoms with van der Waals surface area (Å²) in [5.41, 5.74) is 5.92. The first-order valence-electron chi connectivity index (χ1n) is 5.74. The van der Waals surface area contributed by atoms with Crippen LogP contribution in [0, 0.1) is 5.82 Å². The number of anilines is 3. The number of rotatable bonds is 4.